The van der Waals surface area contributed by atoms with Crippen LogP contribution in [0.4, 0.5) is 6.01 Å². The third-order valence-electron chi connectivity index (χ3n) is 4.35. The zero-order valence-electron chi connectivity index (χ0n) is 13.8. The van der Waals surface area contributed by atoms with Gasteiger partial charge in [0.2, 0.25) is 11.6 Å². The van der Waals surface area contributed by atoms with Gasteiger partial charge in [0.1, 0.15) is 0 Å². The second-order valence-electron chi connectivity index (χ2n) is 6.15. The summed E-state index contributed by atoms with van der Waals surface area (Å²) in [6.07, 6.45) is 5.45. The van der Waals surface area contributed by atoms with Crippen molar-refractivity contribution in [2.75, 3.05) is 18.0 Å². The van der Waals surface area contributed by atoms with Gasteiger partial charge in [0.15, 0.2) is 5.58 Å². The summed E-state index contributed by atoms with van der Waals surface area (Å²) < 4.78 is 5.76. The monoisotopic (exact) mass is 337 g/mol. The van der Waals surface area contributed by atoms with Gasteiger partial charge in [-0.15, -0.1) is 0 Å². The first-order valence-corrected chi connectivity index (χ1v) is 8.44. The molecule has 7 nitrogen and oxygen atoms in total. The molecule has 4 rings (SSSR count). The largest absolute Gasteiger partial charge is 0.422 e. The van der Waals surface area contributed by atoms with Gasteiger partial charge < -0.3 is 14.6 Å². The van der Waals surface area contributed by atoms with Gasteiger partial charge in [-0.05, 0) is 37.1 Å². The molecule has 4 heterocycles. The van der Waals surface area contributed by atoms with Gasteiger partial charge in [-0.1, -0.05) is 6.07 Å². The second kappa shape index (κ2) is 6.88. The van der Waals surface area contributed by atoms with Crippen molar-refractivity contribution in [1.82, 2.24) is 20.3 Å². The second-order valence-corrected chi connectivity index (χ2v) is 6.15. The molecule has 1 saturated heterocycles. The van der Waals surface area contributed by atoms with E-state index in [0.717, 1.165) is 31.6 Å². The molecule has 0 radical (unpaired) electrons. The number of anilines is 1. The molecule has 3 aromatic rings. The lowest BCUT2D eigenvalue weighted by Gasteiger charge is -2.31. The maximum Gasteiger partial charge on any atom is 0.299 e. The Hall–Kier alpha value is -2.96. The van der Waals surface area contributed by atoms with Crippen LogP contribution in [0.2, 0.25) is 0 Å². The van der Waals surface area contributed by atoms with Crippen LogP contribution in [0.1, 0.15) is 18.5 Å². The van der Waals surface area contributed by atoms with Crippen LogP contribution in [0.5, 0.6) is 0 Å². The number of piperidine rings is 1. The van der Waals surface area contributed by atoms with E-state index in [1.165, 1.54) is 0 Å². The topological polar surface area (TPSA) is 84.2 Å². The standard InChI is InChI=1S/C18H19N5O2/c24-16(12-14-4-1-2-8-19-14)21-13-6-10-23(11-7-13)18-22-17-15(25-18)5-3-9-20-17/h1-5,8-9,13H,6-7,10-12H2,(H,21,24). The highest BCUT2D eigenvalue weighted by molar-refractivity contribution is 5.78. The Morgan fingerprint density at radius 3 is 2.76 bits per heavy atom. The van der Waals surface area contributed by atoms with Crippen molar-refractivity contribution in [2.24, 2.45) is 0 Å². The number of rotatable bonds is 4. The van der Waals surface area contributed by atoms with Crippen molar-refractivity contribution < 1.29 is 9.21 Å². The van der Waals surface area contributed by atoms with E-state index in [2.05, 4.69) is 25.2 Å². The molecule has 1 fully saturated rings. The number of oxazole rings is 1. The van der Waals surface area contributed by atoms with Gasteiger partial charge in [-0.25, -0.2) is 4.98 Å². The van der Waals surface area contributed by atoms with Crippen LogP contribution >= 0.6 is 0 Å². The van der Waals surface area contributed by atoms with Crippen molar-refractivity contribution >= 4 is 23.2 Å². The summed E-state index contributed by atoms with van der Waals surface area (Å²) in [6, 6.07) is 10.1. The van der Waals surface area contributed by atoms with Gasteiger partial charge in [0.25, 0.3) is 6.01 Å². The fourth-order valence-electron chi connectivity index (χ4n) is 3.05. The van der Waals surface area contributed by atoms with E-state index < -0.39 is 0 Å². The molecule has 3 aromatic heterocycles. The molecular formula is C18H19N5O2. The molecule has 128 valence electrons. The van der Waals surface area contributed by atoms with Gasteiger partial charge in [-0.2, -0.15) is 4.98 Å². The van der Waals surface area contributed by atoms with Gasteiger partial charge >= 0.3 is 0 Å². The summed E-state index contributed by atoms with van der Waals surface area (Å²) in [5.74, 6) is 0.0169. The molecular weight excluding hydrogens is 318 g/mol. The third-order valence-corrected chi connectivity index (χ3v) is 4.35. The predicted octanol–water partition coefficient (Wildman–Crippen LogP) is 1.95. The summed E-state index contributed by atoms with van der Waals surface area (Å²) in [4.78, 5) is 27.1. The summed E-state index contributed by atoms with van der Waals surface area (Å²) >= 11 is 0. The van der Waals surface area contributed by atoms with Crippen LogP contribution in [0, 0.1) is 0 Å². The lowest BCUT2D eigenvalue weighted by atomic mass is 10.1. The zero-order chi connectivity index (χ0) is 17.1. The number of hydrogen-bond donors (Lipinski definition) is 1. The molecule has 0 aliphatic carbocycles. The van der Waals surface area contributed by atoms with E-state index in [-0.39, 0.29) is 11.9 Å². The molecule has 1 amide bonds. The number of pyridine rings is 2. The molecule has 25 heavy (non-hydrogen) atoms. The van der Waals surface area contributed by atoms with Crippen LogP contribution in [0.3, 0.4) is 0 Å². The lowest BCUT2D eigenvalue weighted by Crippen LogP contribution is -2.45. The first-order valence-electron chi connectivity index (χ1n) is 8.44. The maximum absolute atomic E-state index is 12.1. The molecule has 0 saturated carbocycles. The number of aromatic nitrogens is 3. The van der Waals surface area contributed by atoms with Crippen molar-refractivity contribution in [1.29, 1.82) is 0 Å². The number of fused-ring (bicyclic) bond motifs is 1. The van der Waals surface area contributed by atoms with Crippen LogP contribution in [-0.2, 0) is 11.2 Å². The predicted molar refractivity (Wildman–Crippen MR) is 93.1 cm³/mol. The van der Waals surface area contributed by atoms with E-state index in [0.29, 0.717) is 23.7 Å². The fraction of sp³-hybridized carbons (Fsp3) is 0.333. The molecule has 7 heteroatoms. The average Bonchev–Trinajstić information content (AvgIpc) is 3.07. The molecule has 0 aromatic carbocycles. The number of nitrogens with zero attached hydrogens (tertiary/aromatic N) is 4. The van der Waals surface area contributed by atoms with Crippen molar-refractivity contribution in [3.8, 4) is 0 Å². The SMILES string of the molecule is O=C(Cc1ccccn1)NC1CCN(c2nc3ncccc3o2)CC1. The van der Waals surface area contributed by atoms with Crippen LogP contribution < -0.4 is 10.2 Å². The minimum absolute atomic E-state index is 0.0169. The van der Waals surface area contributed by atoms with E-state index in [9.17, 15) is 4.79 Å². The molecule has 1 aliphatic rings. The van der Waals surface area contributed by atoms with Crippen molar-refractivity contribution in [3.05, 3.63) is 48.4 Å². The number of nitrogens with one attached hydrogen (secondary N) is 1. The smallest absolute Gasteiger partial charge is 0.299 e. The highest BCUT2D eigenvalue weighted by atomic mass is 16.4. The number of amides is 1. The summed E-state index contributed by atoms with van der Waals surface area (Å²) in [5, 5.41) is 3.10. The number of carbonyl (C=O) groups excluding carboxylic acids is 1. The third kappa shape index (κ3) is 3.60. The van der Waals surface area contributed by atoms with E-state index >= 15 is 0 Å². The lowest BCUT2D eigenvalue weighted by molar-refractivity contribution is -0.121. The minimum Gasteiger partial charge on any atom is -0.422 e. The maximum atomic E-state index is 12.1. The zero-order valence-corrected chi connectivity index (χ0v) is 13.8. The normalized spacial score (nSPS) is 15.4. The highest BCUT2D eigenvalue weighted by Crippen LogP contribution is 2.23. The molecule has 1 N–H and O–H groups in total. The van der Waals surface area contributed by atoms with Crippen molar-refractivity contribution in [3.63, 3.8) is 0 Å². The molecule has 0 atom stereocenters. The molecule has 1 aliphatic heterocycles. The summed E-state index contributed by atoms with van der Waals surface area (Å²) in [6.45, 7) is 1.59. The van der Waals surface area contributed by atoms with E-state index in [1.807, 2.05) is 30.3 Å². The first kappa shape index (κ1) is 15.6. The Morgan fingerprint density at radius 1 is 1.16 bits per heavy atom. The molecule has 0 bridgehead atoms. The quantitative estimate of drug-likeness (QED) is 0.783. The van der Waals surface area contributed by atoms with Gasteiger partial charge in [0.05, 0.1) is 6.42 Å². The Bertz CT molecular complexity index is 823. The highest BCUT2D eigenvalue weighted by Gasteiger charge is 2.24. The Kier molecular flexibility index (Phi) is 4.28. The molecule has 0 unspecified atom stereocenters. The average molecular weight is 337 g/mol. The van der Waals surface area contributed by atoms with Crippen LogP contribution in [0.25, 0.3) is 11.2 Å². The molecule has 0 spiro atoms. The Balaban J connectivity index is 1.31. The summed E-state index contributed by atoms with van der Waals surface area (Å²) in [5.41, 5.74) is 2.11. The minimum atomic E-state index is 0.0169. The van der Waals surface area contributed by atoms with E-state index in [1.54, 1.807) is 12.4 Å². The van der Waals surface area contributed by atoms with Gasteiger partial charge in [-0.3, -0.25) is 9.78 Å². The van der Waals surface area contributed by atoms with Crippen LogP contribution in [0.15, 0.2) is 47.1 Å². The number of hydrogen-bond acceptors (Lipinski definition) is 6. The van der Waals surface area contributed by atoms with Gasteiger partial charge in [0, 0.05) is 37.2 Å². The van der Waals surface area contributed by atoms with E-state index in [4.69, 9.17) is 4.42 Å². The Morgan fingerprint density at radius 2 is 2.00 bits per heavy atom. The fourth-order valence-corrected chi connectivity index (χ4v) is 3.05. The summed E-state index contributed by atoms with van der Waals surface area (Å²) in [7, 11) is 0. The van der Waals surface area contributed by atoms with Crippen LogP contribution in [-0.4, -0.2) is 40.0 Å². The number of carbonyl (C=O) groups is 1. The Labute approximate surface area is 145 Å². The first-order chi connectivity index (χ1) is 12.3. The van der Waals surface area contributed by atoms with Crippen molar-refractivity contribution in [2.45, 2.75) is 25.3 Å².